The number of carbonyl (C=O) groups excluding carboxylic acids is 1. The minimum Gasteiger partial charge on any atom is -0.396 e. The Balaban J connectivity index is 2.25. The maximum atomic E-state index is 13.3. The number of hydrogen-bond donors (Lipinski definition) is 2. The van der Waals surface area contributed by atoms with Gasteiger partial charge in [-0.05, 0) is 17.6 Å². The van der Waals surface area contributed by atoms with Crippen molar-refractivity contribution in [1.29, 1.82) is 0 Å². The number of halogens is 2. The van der Waals surface area contributed by atoms with E-state index < -0.39 is 17.5 Å². The van der Waals surface area contributed by atoms with Crippen molar-refractivity contribution in [2.24, 2.45) is 0 Å². The van der Waals surface area contributed by atoms with E-state index in [2.05, 4.69) is 14.9 Å². The highest BCUT2D eigenvalue weighted by atomic mass is 32.1. The van der Waals surface area contributed by atoms with Crippen LogP contribution in [0.15, 0.2) is 18.3 Å². The molecule has 0 aliphatic heterocycles. The fourth-order valence-electron chi connectivity index (χ4n) is 1.11. The minimum atomic E-state index is -0.900. The van der Waals surface area contributed by atoms with Crippen molar-refractivity contribution in [1.82, 2.24) is 9.59 Å². The summed E-state index contributed by atoms with van der Waals surface area (Å²) < 4.78 is 29.7. The summed E-state index contributed by atoms with van der Waals surface area (Å²) >= 11 is 0.863. The van der Waals surface area contributed by atoms with Crippen LogP contribution >= 0.6 is 11.5 Å². The number of nitrogens with two attached hydrogens (primary N) is 1. The van der Waals surface area contributed by atoms with E-state index in [-0.39, 0.29) is 16.3 Å². The molecule has 0 spiro atoms. The summed E-state index contributed by atoms with van der Waals surface area (Å²) in [7, 11) is 0. The molecule has 0 aliphatic rings. The number of anilines is 2. The first kappa shape index (κ1) is 11.4. The van der Waals surface area contributed by atoms with Crippen LogP contribution in [0.3, 0.4) is 0 Å². The molecule has 8 heteroatoms. The molecule has 5 nitrogen and oxygen atoms in total. The maximum Gasteiger partial charge on any atom is 0.269 e. The molecule has 2 aromatic rings. The number of carbonyl (C=O) groups is 1. The summed E-state index contributed by atoms with van der Waals surface area (Å²) in [6, 6.07) is 1.62. The van der Waals surface area contributed by atoms with Crippen LogP contribution in [-0.4, -0.2) is 15.5 Å². The van der Waals surface area contributed by atoms with E-state index in [1.165, 1.54) is 6.20 Å². The predicted molar refractivity (Wildman–Crippen MR) is 58.6 cm³/mol. The molecular formula is C9H6F2N4OS. The smallest absolute Gasteiger partial charge is 0.269 e. The number of nitrogens with one attached hydrogen (secondary N) is 1. The fourth-order valence-corrected chi connectivity index (χ4v) is 1.52. The third kappa shape index (κ3) is 2.36. The van der Waals surface area contributed by atoms with Crippen molar-refractivity contribution in [2.45, 2.75) is 0 Å². The third-order valence-electron chi connectivity index (χ3n) is 1.92. The lowest BCUT2D eigenvalue weighted by Crippen LogP contribution is -2.12. The van der Waals surface area contributed by atoms with E-state index in [1.807, 2.05) is 0 Å². The van der Waals surface area contributed by atoms with Crippen LogP contribution in [0, 0.1) is 11.6 Å². The van der Waals surface area contributed by atoms with Crippen molar-refractivity contribution in [3.63, 3.8) is 0 Å². The minimum absolute atomic E-state index is 0.192. The molecule has 88 valence electrons. The van der Waals surface area contributed by atoms with Gasteiger partial charge in [0, 0.05) is 6.07 Å². The van der Waals surface area contributed by atoms with Gasteiger partial charge in [0.2, 0.25) is 0 Å². The highest BCUT2D eigenvalue weighted by Crippen LogP contribution is 2.21. The monoisotopic (exact) mass is 256 g/mol. The Kier molecular flexibility index (Phi) is 2.96. The summed E-state index contributed by atoms with van der Waals surface area (Å²) in [5.74, 6) is -2.35. The van der Waals surface area contributed by atoms with Gasteiger partial charge >= 0.3 is 0 Å². The van der Waals surface area contributed by atoms with Gasteiger partial charge in [-0.1, -0.05) is 4.49 Å². The molecule has 1 aromatic carbocycles. The molecule has 1 heterocycles. The van der Waals surface area contributed by atoms with Gasteiger partial charge in [0.15, 0.2) is 0 Å². The van der Waals surface area contributed by atoms with Gasteiger partial charge in [-0.15, -0.1) is 5.10 Å². The molecule has 0 saturated carbocycles. The first-order valence-electron chi connectivity index (χ1n) is 4.41. The van der Waals surface area contributed by atoms with Crippen LogP contribution in [-0.2, 0) is 0 Å². The lowest BCUT2D eigenvalue weighted by Gasteiger charge is -2.06. The molecule has 1 amide bonds. The quantitative estimate of drug-likeness (QED) is 0.800. The summed E-state index contributed by atoms with van der Waals surface area (Å²) in [5.41, 5.74) is 4.83. The van der Waals surface area contributed by atoms with E-state index >= 15 is 0 Å². The van der Waals surface area contributed by atoms with E-state index in [0.29, 0.717) is 6.07 Å². The SMILES string of the molecule is Nc1cc(NC(=O)c2cnns2)c(F)cc1F. The van der Waals surface area contributed by atoms with Crippen LogP contribution in [0.5, 0.6) is 0 Å². The Morgan fingerprint density at radius 2 is 2.12 bits per heavy atom. The van der Waals surface area contributed by atoms with Crippen LogP contribution in [0.25, 0.3) is 0 Å². The number of aromatic nitrogens is 2. The standard InChI is InChI=1S/C9H6F2N4OS/c10-4-1-5(11)7(2-6(4)12)14-9(16)8-3-13-15-17-8/h1-3H,12H2,(H,14,16). The Morgan fingerprint density at radius 1 is 1.35 bits per heavy atom. The average molecular weight is 256 g/mol. The van der Waals surface area contributed by atoms with Crippen molar-refractivity contribution in [3.8, 4) is 0 Å². The average Bonchev–Trinajstić information content (AvgIpc) is 2.79. The van der Waals surface area contributed by atoms with Crippen LogP contribution < -0.4 is 11.1 Å². The molecule has 1 aromatic heterocycles. The molecule has 0 atom stereocenters. The van der Waals surface area contributed by atoms with Gasteiger partial charge in [0.1, 0.15) is 16.5 Å². The molecule has 3 N–H and O–H groups in total. The molecule has 0 aliphatic carbocycles. The first-order valence-corrected chi connectivity index (χ1v) is 5.18. The molecule has 0 bridgehead atoms. The number of nitrogens with zero attached hydrogens (tertiary/aromatic N) is 2. The normalized spacial score (nSPS) is 10.2. The molecule has 0 radical (unpaired) electrons. The molecule has 0 unspecified atom stereocenters. The van der Waals surface area contributed by atoms with E-state index in [0.717, 1.165) is 17.6 Å². The lowest BCUT2D eigenvalue weighted by atomic mass is 10.2. The molecular weight excluding hydrogens is 250 g/mol. The third-order valence-corrected chi connectivity index (χ3v) is 2.58. The topological polar surface area (TPSA) is 80.9 Å². The summed E-state index contributed by atoms with van der Waals surface area (Å²) in [5, 5.41) is 5.72. The van der Waals surface area contributed by atoms with Crippen molar-refractivity contribution >= 4 is 28.8 Å². The molecule has 0 saturated heterocycles. The molecule has 2 rings (SSSR count). The second-order valence-corrected chi connectivity index (χ2v) is 3.88. The Bertz CT molecular complexity index is 558. The van der Waals surface area contributed by atoms with Crippen molar-refractivity contribution < 1.29 is 13.6 Å². The van der Waals surface area contributed by atoms with E-state index in [1.54, 1.807) is 0 Å². The van der Waals surface area contributed by atoms with Gasteiger partial charge in [-0.2, -0.15) is 0 Å². The number of hydrogen-bond acceptors (Lipinski definition) is 5. The maximum absolute atomic E-state index is 13.3. The van der Waals surface area contributed by atoms with Crippen LogP contribution in [0.2, 0.25) is 0 Å². The highest BCUT2D eigenvalue weighted by molar-refractivity contribution is 7.07. The zero-order valence-corrected chi connectivity index (χ0v) is 9.09. The number of nitrogen functional groups attached to an aromatic ring is 1. The summed E-state index contributed by atoms with van der Waals surface area (Å²) in [6.07, 6.45) is 1.24. The van der Waals surface area contributed by atoms with Gasteiger partial charge in [0.25, 0.3) is 5.91 Å². The van der Waals surface area contributed by atoms with Crippen LogP contribution in [0.4, 0.5) is 20.2 Å². The van der Waals surface area contributed by atoms with Gasteiger partial charge in [0.05, 0.1) is 17.6 Å². The number of amides is 1. The lowest BCUT2D eigenvalue weighted by molar-refractivity contribution is 0.103. The second kappa shape index (κ2) is 4.42. The van der Waals surface area contributed by atoms with Gasteiger partial charge in [-0.3, -0.25) is 4.79 Å². The van der Waals surface area contributed by atoms with E-state index in [9.17, 15) is 13.6 Å². The highest BCUT2D eigenvalue weighted by Gasteiger charge is 2.13. The largest absolute Gasteiger partial charge is 0.396 e. The molecule has 17 heavy (non-hydrogen) atoms. The Labute approximate surface area is 98.4 Å². The van der Waals surface area contributed by atoms with Gasteiger partial charge in [-0.25, -0.2) is 8.78 Å². The molecule has 0 fully saturated rings. The second-order valence-electron chi connectivity index (χ2n) is 3.09. The van der Waals surface area contributed by atoms with E-state index in [4.69, 9.17) is 5.73 Å². The Hall–Kier alpha value is -2.09. The fraction of sp³-hybridized carbons (Fsp3) is 0. The van der Waals surface area contributed by atoms with Gasteiger partial charge < -0.3 is 11.1 Å². The zero-order chi connectivity index (χ0) is 12.4. The first-order chi connectivity index (χ1) is 8.08. The predicted octanol–water partition coefficient (Wildman–Crippen LogP) is 1.65. The zero-order valence-electron chi connectivity index (χ0n) is 8.28. The van der Waals surface area contributed by atoms with Crippen molar-refractivity contribution in [3.05, 3.63) is 34.8 Å². The number of benzene rings is 1. The summed E-state index contributed by atoms with van der Waals surface area (Å²) in [4.78, 5) is 11.8. The van der Waals surface area contributed by atoms with Crippen molar-refractivity contribution in [2.75, 3.05) is 11.1 Å². The number of rotatable bonds is 2. The van der Waals surface area contributed by atoms with Crippen LogP contribution in [0.1, 0.15) is 9.67 Å². The summed E-state index contributed by atoms with van der Waals surface area (Å²) in [6.45, 7) is 0. The Morgan fingerprint density at radius 3 is 2.76 bits per heavy atom.